The molecule has 7 heteroatoms. The molecule has 3 aromatic rings. The summed E-state index contributed by atoms with van der Waals surface area (Å²) in [4.78, 5) is 12.2. The molecule has 0 saturated carbocycles. The molecule has 1 amide bonds. The number of aromatic nitrogens is 2. The lowest BCUT2D eigenvalue weighted by atomic mass is 10.2. The van der Waals surface area contributed by atoms with E-state index in [2.05, 4.69) is 26.9 Å². The number of benzene rings is 2. The fraction of sp³-hybridized carbons (Fsp3) is 0.0526. The van der Waals surface area contributed by atoms with Gasteiger partial charge in [-0.15, -0.1) is 10.2 Å². The molecule has 0 spiro atoms. The Bertz CT molecular complexity index is 949. The van der Waals surface area contributed by atoms with E-state index in [1.807, 2.05) is 18.2 Å². The van der Waals surface area contributed by atoms with Gasteiger partial charge in [0.05, 0.1) is 11.6 Å². The molecular weight excluding hydrogens is 350 g/mol. The van der Waals surface area contributed by atoms with E-state index < -0.39 is 0 Å². The second-order valence-corrected chi connectivity index (χ2v) is 5.80. The fourth-order valence-corrected chi connectivity index (χ4v) is 2.41. The second-order valence-electron chi connectivity index (χ2n) is 5.39. The minimum atomic E-state index is -0.331. The van der Waals surface area contributed by atoms with E-state index in [1.54, 1.807) is 42.5 Å². The maximum absolute atomic E-state index is 12.2. The van der Waals surface area contributed by atoms with Crippen LogP contribution in [0.25, 0.3) is 0 Å². The van der Waals surface area contributed by atoms with E-state index >= 15 is 0 Å². The summed E-state index contributed by atoms with van der Waals surface area (Å²) < 4.78 is 0. The van der Waals surface area contributed by atoms with Gasteiger partial charge in [0.25, 0.3) is 5.91 Å². The predicted octanol–water partition coefficient (Wildman–Crippen LogP) is 3.68. The van der Waals surface area contributed by atoms with Crippen LogP contribution in [0, 0.1) is 11.3 Å². The van der Waals surface area contributed by atoms with E-state index in [0.717, 1.165) is 11.3 Å². The molecule has 26 heavy (non-hydrogen) atoms. The molecule has 0 bridgehead atoms. The van der Waals surface area contributed by atoms with Crippen LogP contribution in [0.5, 0.6) is 0 Å². The summed E-state index contributed by atoms with van der Waals surface area (Å²) in [6.45, 7) is 0.311. The van der Waals surface area contributed by atoms with E-state index in [9.17, 15) is 4.79 Å². The average Bonchev–Trinajstić information content (AvgIpc) is 2.68. The van der Waals surface area contributed by atoms with Crippen LogP contribution in [0.3, 0.4) is 0 Å². The van der Waals surface area contributed by atoms with Crippen LogP contribution in [0.2, 0.25) is 5.02 Å². The molecule has 0 fully saturated rings. The Morgan fingerprint density at radius 3 is 2.46 bits per heavy atom. The molecular formula is C19H14ClN5O. The zero-order valence-corrected chi connectivity index (χ0v) is 14.4. The second kappa shape index (κ2) is 8.10. The molecule has 2 N–H and O–H groups in total. The third kappa shape index (κ3) is 4.35. The Morgan fingerprint density at radius 2 is 1.81 bits per heavy atom. The Labute approximate surface area is 155 Å². The van der Waals surface area contributed by atoms with Gasteiger partial charge in [-0.3, -0.25) is 4.79 Å². The summed E-state index contributed by atoms with van der Waals surface area (Å²) >= 11 is 6.07. The fourth-order valence-electron chi connectivity index (χ4n) is 2.20. The van der Waals surface area contributed by atoms with E-state index in [-0.39, 0.29) is 11.6 Å². The first-order valence-corrected chi connectivity index (χ1v) is 8.16. The molecule has 3 rings (SSSR count). The van der Waals surface area contributed by atoms with Crippen molar-refractivity contribution in [1.29, 1.82) is 5.26 Å². The predicted molar refractivity (Wildman–Crippen MR) is 99.1 cm³/mol. The van der Waals surface area contributed by atoms with Crippen molar-refractivity contribution in [2.45, 2.75) is 6.54 Å². The number of anilines is 2. The molecule has 0 aliphatic heterocycles. The molecule has 1 aromatic heterocycles. The van der Waals surface area contributed by atoms with Gasteiger partial charge in [-0.2, -0.15) is 5.26 Å². The minimum Gasteiger partial charge on any atom is -0.347 e. The highest BCUT2D eigenvalue weighted by molar-refractivity contribution is 6.31. The SMILES string of the molecule is N#Cc1ccc(Nc2ccc(C(=O)NCc3ccccc3Cl)nn2)cc1. The molecule has 1 heterocycles. The van der Waals surface area contributed by atoms with Crippen LogP contribution in [0.4, 0.5) is 11.5 Å². The van der Waals surface area contributed by atoms with Gasteiger partial charge >= 0.3 is 0 Å². The summed E-state index contributed by atoms with van der Waals surface area (Å²) in [5.41, 5.74) is 2.39. The van der Waals surface area contributed by atoms with E-state index in [1.165, 1.54) is 0 Å². The number of nitrogens with one attached hydrogen (secondary N) is 2. The summed E-state index contributed by atoms with van der Waals surface area (Å²) in [7, 11) is 0. The zero-order valence-electron chi connectivity index (χ0n) is 13.6. The van der Waals surface area contributed by atoms with Crippen LogP contribution in [-0.4, -0.2) is 16.1 Å². The number of carbonyl (C=O) groups is 1. The lowest BCUT2D eigenvalue weighted by Gasteiger charge is -2.07. The van der Waals surface area contributed by atoms with Gasteiger partial charge in [0, 0.05) is 17.3 Å². The highest BCUT2D eigenvalue weighted by Crippen LogP contribution is 2.16. The number of hydrogen-bond donors (Lipinski definition) is 2. The topological polar surface area (TPSA) is 90.7 Å². The first-order valence-electron chi connectivity index (χ1n) is 7.78. The van der Waals surface area contributed by atoms with Crippen molar-refractivity contribution >= 4 is 29.0 Å². The Hall–Kier alpha value is -3.43. The third-order valence-electron chi connectivity index (χ3n) is 3.58. The Kier molecular flexibility index (Phi) is 5.42. The van der Waals surface area contributed by atoms with Crippen molar-refractivity contribution < 1.29 is 4.79 Å². The summed E-state index contributed by atoms with van der Waals surface area (Å²) in [5, 5.41) is 23.1. The first-order chi connectivity index (χ1) is 12.7. The van der Waals surface area contributed by atoms with E-state index in [4.69, 9.17) is 16.9 Å². The van der Waals surface area contributed by atoms with Crippen LogP contribution in [-0.2, 0) is 6.54 Å². The molecule has 0 atom stereocenters. The maximum Gasteiger partial charge on any atom is 0.272 e. The summed E-state index contributed by atoms with van der Waals surface area (Å²) in [5.74, 6) is 0.166. The molecule has 6 nitrogen and oxygen atoms in total. The Morgan fingerprint density at radius 1 is 1.04 bits per heavy atom. The number of nitriles is 1. The lowest BCUT2D eigenvalue weighted by Crippen LogP contribution is -2.24. The highest BCUT2D eigenvalue weighted by atomic mass is 35.5. The number of rotatable bonds is 5. The minimum absolute atomic E-state index is 0.211. The number of halogens is 1. The molecule has 0 unspecified atom stereocenters. The van der Waals surface area contributed by atoms with Gasteiger partial charge in [-0.1, -0.05) is 29.8 Å². The largest absolute Gasteiger partial charge is 0.347 e. The zero-order chi connectivity index (χ0) is 18.4. The van der Waals surface area contributed by atoms with E-state index in [0.29, 0.717) is 22.9 Å². The van der Waals surface area contributed by atoms with Crippen molar-refractivity contribution in [2.75, 3.05) is 5.32 Å². The number of carbonyl (C=O) groups excluding carboxylic acids is 1. The number of hydrogen-bond acceptors (Lipinski definition) is 5. The molecule has 0 radical (unpaired) electrons. The molecule has 0 saturated heterocycles. The van der Waals surface area contributed by atoms with Crippen molar-refractivity contribution in [3.8, 4) is 6.07 Å². The van der Waals surface area contributed by atoms with Crippen LogP contribution < -0.4 is 10.6 Å². The monoisotopic (exact) mass is 363 g/mol. The molecule has 2 aromatic carbocycles. The Balaban J connectivity index is 1.60. The van der Waals surface area contributed by atoms with Crippen molar-refractivity contribution in [3.63, 3.8) is 0 Å². The summed E-state index contributed by atoms with van der Waals surface area (Å²) in [6.07, 6.45) is 0. The van der Waals surface area contributed by atoms with Gasteiger partial charge in [0.15, 0.2) is 11.5 Å². The third-order valence-corrected chi connectivity index (χ3v) is 3.95. The highest BCUT2D eigenvalue weighted by Gasteiger charge is 2.09. The van der Waals surface area contributed by atoms with Gasteiger partial charge < -0.3 is 10.6 Å². The average molecular weight is 364 g/mol. The van der Waals surface area contributed by atoms with Crippen LogP contribution >= 0.6 is 11.6 Å². The first kappa shape index (κ1) is 17.4. The number of nitrogens with zero attached hydrogens (tertiary/aromatic N) is 3. The molecule has 128 valence electrons. The van der Waals surface area contributed by atoms with Crippen molar-refractivity contribution in [2.24, 2.45) is 0 Å². The number of amides is 1. The normalized spacial score (nSPS) is 10.0. The smallest absolute Gasteiger partial charge is 0.272 e. The van der Waals surface area contributed by atoms with Gasteiger partial charge in [0.1, 0.15) is 0 Å². The van der Waals surface area contributed by atoms with Crippen LogP contribution in [0.1, 0.15) is 21.6 Å². The standard InChI is InChI=1S/C19H14ClN5O/c20-16-4-2-1-3-14(16)12-22-19(26)17-9-10-18(25-24-17)23-15-7-5-13(11-21)6-8-15/h1-10H,12H2,(H,22,26)(H,23,25). The van der Waals surface area contributed by atoms with Gasteiger partial charge in [-0.05, 0) is 48.0 Å². The molecule has 0 aliphatic rings. The van der Waals surface area contributed by atoms with Crippen LogP contribution in [0.15, 0.2) is 60.7 Å². The lowest BCUT2D eigenvalue weighted by molar-refractivity contribution is 0.0945. The van der Waals surface area contributed by atoms with Gasteiger partial charge in [-0.25, -0.2) is 0 Å². The van der Waals surface area contributed by atoms with Gasteiger partial charge in [0.2, 0.25) is 0 Å². The van der Waals surface area contributed by atoms with Crippen molar-refractivity contribution in [1.82, 2.24) is 15.5 Å². The maximum atomic E-state index is 12.2. The quantitative estimate of drug-likeness (QED) is 0.721. The summed E-state index contributed by atoms with van der Waals surface area (Å²) in [6, 6.07) is 19.5. The van der Waals surface area contributed by atoms with Crippen molar-refractivity contribution in [3.05, 3.63) is 82.5 Å². The molecule has 0 aliphatic carbocycles.